The van der Waals surface area contributed by atoms with Gasteiger partial charge < -0.3 is 20.4 Å². The van der Waals surface area contributed by atoms with Crippen LogP contribution in [0.3, 0.4) is 0 Å². The molecule has 0 bridgehead atoms. The lowest BCUT2D eigenvalue weighted by Crippen LogP contribution is -2.36. The maximum absolute atomic E-state index is 12.2. The van der Waals surface area contributed by atoms with Crippen LogP contribution in [0.1, 0.15) is 11.6 Å². The number of amides is 2. The summed E-state index contributed by atoms with van der Waals surface area (Å²) in [4.78, 5) is 16.3. The van der Waals surface area contributed by atoms with Crippen molar-refractivity contribution < 1.29 is 4.79 Å². The number of hydrogen-bond acceptors (Lipinski definition) is 3. The summed E-state index contributed by atoms with van der Waals surface area (Å²) in [5.41, 5.74) is 2.86. The van der Waals surface area contributed by atoms with Gasteiger partial charge in [-0.2, -0.15) is 0 Å². The number of benzene rings is 2. The quantitative estimate of drug-likeness (QED) is 0.758. The van der Waals surface area contributed by atoms with Gasteiger partial charge in [0, 0.05) is 32.0 Å². The molecule has 26 heavy (non-hydrogen) atoms. The monoisotopic (exact) mass is 394 g/mol. The molecular weight excluding hydrogens is 371 g/mol. The van der Waals surface area contributed by atoms with Gasteiger partial charge in [0.25, 0.3) is 0 Å². The molecule has 0 heterocycles. The van der Waals surface area contributed by atoms with Crippen LogP contribution in [0.25, 0.3) is 0 Å². The first-order chi connectivity index (χ1) is 12.3. The van der Waals surface area contributed by atoms with E-state index in [4.69, 9.17) is 23.2 Å². The average Bonchev–Trinajstić information content (AvgIpc) is 2.58. The van der Waals surface area contributed by atoms with Gasteiger partial charge in [0.15, 0.2) is 0 Å². The summed E-state index contributed by atoms with van der Waals surface area (Å²) in [5.74, 6) is 0. The van der Waals surface area contributed by atoms with Crippen LogP contribution in [-0.2, 0) is 0 Å². The first-order valence-electron chi connectivity index (χ1n) is 8.21. The second kappa shape index (κ2) is 9.12. The van der Waals surface area contributed by atoms with Crippen LogP contribution in [0.4, 0.5) is 16.2 Å². The fourth-order valence-corrected chi connectivity index (χ4v) is 2.83. The topological polar surface area (TPSA) is 47.6 Å². The van der Waals surface area contributed by atoms with Crippen molar-refractivity contribution in [2.75, 3.05) is 45.0 Å². The molecule has 0 aliphatic rings. The number of anilines is 2. The Morgan fingerprint density at radius 2 is 1.65 bits per heavy atom. The summed E-state index contributed by atoms with van der Waals surface area (Å²) in [6, 6.07) is 13.0. The van der Waals surface area contributed by atoms with Crippen molar-refractivity contribution in [3.8, 4) is 0 Å². The number of hydrogen-bond donors (Lipinski definition) is 2. The average molecular weight is 395 g/mol. The molecule has 140 valence electrons. The van der Waals surface area contributed by atoms with Crippen LogP contribution < -0.4 is 15.5 Å². The number of likely N-dealkylation sites (N-methyl/N-ethyl adjacent to an activating group) is 1. The normalized spacial score (nSPS) is 12.0. The Morgan fingerprint density at radius 3 is 2.19 bits per heavy atom. The van der Waals surface area contributed by atoms with Crippen LogP contribution >= 0.6 is 23.2 Å². The molecule has 2 rings (SSSR count). The predicted octanol–water partition coefficient (Wildman–Crippen LogP) is 4.48. The van der Waals surface area contributed by atoms with Gasteiger partial charge in [0.2, 0.25) is 0 Å². The highest BCUT2D eigenvalue weighted by molar-refractivity contribution is 6.42. The minimum atomic E-state index is -0.292. The second-order valence-electron chi connectivity index (χ2n) is 6.43. The predicted molar refractivity (Wildman–Crippen MR) is 111 cm³/mol. The standard InChI is InChI=1S/C19H24Cl2N4O/c1-24(2)15-8-5-13(6-9-15)18(25(3)4)12-22-19(26)23-14-7-10-16(20)17(21)11-14/h5-11,18H,12H2,1-4H3,(H2,22,23,26). The largest absolute Gasteiger partial charge is 0.378 e. The minimum absolute atomic E-state index is 0.0609. The van der Waals surface area contributed by atoms with Crippen molar-refractivity contribution in [1.82, 2.24) is 10.2 Å². The highest BCUT2D eigenvalue weighted by Gasteiger charge is 2.15. The van der Waals surface area contributed by atoms with Crippen LogP contribution in [0.5, 0.6) is 0 Å². The molecule has 2 N–H and O–H groups in total. The molecule has 1 atom stereocenters. The summed E-state index contributed by atoms with van der Waals surface area (Å²) in [6.07, 6.45) is 0. The maximum atomic E-state index is 12.2. The highest BCUT2D eigenvalue weighted by Crippen LogP contribution is 2.25. The molecule has 0 spiro atoms. The maximum Gasteiger partial charge on any atom is 0.319 e. The molecule has 2 aromatic rings. The van der Waals surface area contributed by atoms with E-state index in [-0.39, 0.29) is 12.1 Å². The zero-order valence-corrected chi connectivity index (χ0v) is 16.9. The first kappa shape index (κ1) is 20.4. The van der Waals surface area contributed by atoms with Gasteiger partial charge in [-0.1, -0.05) is 35.3 Å². The molecule has 2 aromatic carbocycles. The Kier molecular flexibility index (Phi) is 7.14. The van der Waals surface area contributed by atoms with Crippen molar-refractivity contribution in [2.24, 2.45) is 0 Å². The van der Waals surface area contributed by atoms with Crippen molar-refractivity contribution in [3.63, 3.8) is 0 Å². The van der Waals surface area contributed by atoms with Gasteiger partial charge in [-0.15, -0.1) is 0 Å². The lowest BCUT2D eigenvalue weighted by atomic mass is 10.1. The van der Waals surface area contributed by atoms with E-state index in [1.165, 1.54) is 0 Å². The van der Waals surface area contributed by atoms with Crippen molar-refractivity contribution >= 4 is 40.6 Å². The molecular formula is C19H24Cl2N4O. The lowest BCUT2D eigenvalue weighted by molar-refractivity contribution is 0.243. The van der Waals surface area contributed by atoms with Gasteiger partial charge in [-0.05, 0) is 50.0 Å². The molecule has 0 radical (unpaired) electrons. The summed E-state index contributed by atoms with van der Waals surface area (Å²) in [6.45, 7) is 0.474. The van der Waals surface area contributed by atoms with Crippen molar-refractivity contribution in [3.05, 3.63) is 58.1 Å². The van der Waals surface area contributed by atoms with E-state index >= 15 is 0 Å². The minimum Gasteiger partial charge on any atom is -0.378 e. The molecule has 0 saturated heterocycles. The summed E-state index contributed by atoms with van der Waals surface area (Å²) < 4.78 is 0. The fraction of sp³-hybridized carbons (Fsp3) is 0.316. The molecule has 0 aliphatic heterocycles. The molecule has 1 unspecified atom stereocenters. The fourth-order valence-electron chi connectivity index (χ4n) is 2.53. The Bertz CT molecular complexity index is 748. The first-order valence-corrected chi connectivity index (χ1v) is 8.97. The third kappa shape index (κ3) is 5.53. The Morgan fingerprint density at radius 1 is 1.00 bits per heavy atom. The number of carbonyl (C=O) groups is 1. The van der Waals surface area contributed by atoms with E-state index in [0.29, 0.717) is 22.3 Å². The third-order valence-corrected chi connectivity index (χ3v) is 4.79. The van der Waals surface area contributed by atoms with Crippen LogP contribution in [0.2, 0.25) is 10.0 Å². The van der Waals surface area contributed by atoms with Gasteiger partial charge in [0.05, 0.1) is 16.1 Å². The molecule has 0 fully saturated rings. The molecule has 2 amide bonds. The van der Waals surface area contributed by atoms with Gasteiger partial charge in [-0.25, -0.2) is 4.79 Å². The van der Waals surface area contributed by atoms with Crippen LogP contribution in [-0.4, -0.2) is 45.7 Å². The number of carbonyl (C=O) groups excluding carboxylic acids is 1. The van der Waals surface area contributed by atoms with Crippen molar-refractivity contribution in [2.45, 2.75) is 6.04 Å². The van der Waals surface area contributed by atoms with Crippen LogP contribution in [0, 0.1) is 0 Å². The number of rotatable bonds is 6. The van der Waals surface area contributed by atoms with E-state index in [9.17, 15) is 4.79 Å². The van der Waals surface area contributed by atoms with Gasteiger partial charge in [0.1, 0.15) is 0 Å². The van der Waals surface area contributed by atoms with E-state index in [1.807, 2.05) is 28.2 Å². The summed E-state index contributed by atoms with van der Waals surface area (Å²) in [5, 5.41) is 6.52. The zero-order valence-electron chi connectivity index (χ0n) is 15.4. The second-order valence-corrected chi connectivity index (χ2v) is 7.24. The van der Waals surface area contributed by atoms with Crippen LogP contribution in [0.15, 0.2) is 42.5 Å². The van der Waals surface area contributed by atoms with E-state index in [1.54, 1.807) is 18.2 Å². The molecule has 5 nitrogen and oxygen atoms in total. The Labute approximate surface area is 164 Å². The molecule has 7 heteroatoms. The Balaban J connectivity index is 1.99. The number of nitrogens with zero attached hydrogens (tertiary/aromatic N) is 2. The van der Waals surface area contributed by atoms with Gasteiger partial charge >= 0.3 is 6.03 Å². The lowest BCUT2D eigenvalue weighted by Gasteiger charge is -2.26. The number of nitrogens with one attached hydrogen (secondary N) is 2. The smallest absolute Gasteiger partial charge is 0.319 e. The third-order valence-electron chi connectivity index (χ3n) is 4.05. The summed E-state index contributed by atoms with van der Waals surface area (Å²) >= 11 is 11.9. The Hall–Kier alpha value is -1.95. The molecule has 0 aliphatic carbocycles. The highest BCUT2D eigenvalue weighted by atomic mass is 35.5. The van der Waals surface area contributed by atoms with E-state index < -0.39 is 0 Å². The SMILES string of the molecule is CN(C)c1ccc(C(CNC(=O)Nc2ccc(Cl)c(Cl)c2)N(C)C)cc1. The van der Waals surface area contributed by atoms with Crippen molar-refractivity contribution in [1.29, 1.82) is 0 Å². The summed E-state index contributed by atoms with van der Waals surface area (Å²) in [7, 11) is 7.99. The number of halogens is 2. The molecule has 0 aromatic heterocycles. The van der Waals surface area contributed by atoms with E-state index in [2.05, 4.69) is 44.7 Å². The van der Waals surface area contributed by atoms with E-state index in [0.717, 1.165) is 11.3 Å². The zero-order chi connectivity index (χ0) is 19.3. The van der Waals surface area contributed by atoms with Gasteiger partial charge in [-0.3, -0.25) is 0 Å². The molecule has 0 saturated carbocycles. The number of urea groups is 1.